The van der Waals surface area contributed by atoms with E-state index in [2.05, 4.69) is 37.2 Å². The Labute approximate surface area is 218 Å². The number of anilines is 1. The summed E-state index contributed by atoms with van der Waals surface area (Å²) in [6.07, 6.45) is 1.30. The van der Waals surface area contributed by atoms with E-state index in [9.17, 15) is 22.8 Å². The van der Waals surface area contributed by atoms with Crippen LogP contribution in [-0.2, 0) is 19.7 Å². The number of aryl methyl sites for hydroxylation is 1. The first kappa shape index (κ1) is 24.8. The Balaban J connectivity index is 1.61. The number of imide groups is 2. The predicted molar refractivity (Wildman–Crippen MR) is 136 cm³/mol. The molecule has 1 aliphatic heterocycles. The van der Waals surface area contributed by atoms with Gasteiger partial charge in [-0.1, -0.05) is 39.7 Å². The Kier molecular flexibility index (Phi) is 6.93. The van der Waals surface area contributed by atoms with Gasteiger partial charge < -0.3 is 4.18 Å². The van der Waals surface area contributed by atoms with Gasteiger partial charge in [-0.05, 0) is 83.0 Å². The van der Waals surface area contributed by atoms with Crippen LogP contribution in [0.15, 0.2) is 86.1 Å². The van der Waals surface area contributed by atoms with E-state index in [1.54, 1.807) is 36.4 Å². The molecule has 0 bridgehead atoms. The van der Waals surface area contributed by atoms with Gasteiger partial charge in [-0.3, -0.25) is 14.9 Å². The van der Waals surface area contributed by atoms with Gasteiger partial charge in [0.15, 0.2) is 5.75 Å². The lowest BCUT2D eigenvalue weighted by molar-refractivity contribution is -0.122. The van der Waals surface area contributed by atoms with Crippen molar-refractivity contribution in [2.45, 2.75) is 11.8 Å². The van der Waals surface area contributed by atoms with Gasteiger partial charge in [-0.25, -0.2) is 9.69 Å². The van der Waals surface area contributed by atoms with Crippen LogP contribution in [0.4, 0.5) is 10.5 Å². The molecule has 1 fully saturated rings. The number of rotatable bonds is 5. The van der Waals surface area contributed by atoms with E-state index in [1.165, 1.54) is 36.4 Å². The summed E-state index contributed by atoms with van der Waals surface area (Å²) in [5.41, 5.74) is 1.34. The largest absolute Gasteiger partial charge is 0.378 e. The van der Waals surface area contributed by atoms with Gasteiger partial charge >= 0.3 is 16.1 Å². The number of hydrogen-bond donors (Lipinski definition) is 1. The minimum Gasteiger partial charge on any atom is -0.378 e. The molecule has 1 N–H and O–H groups in total. The van der Waals surface area contributed by atoms with Crippen LogP contribution < -0.4 is 14.4 Å². The van der Waals surface area contributed by atoms with Crippen molar-refractivity contribution in [3.8, 4) is 5.75 Å². The molecule has 0 atom stereocenters. The molecule has 178 valence electrons. The summed E-state index contributed by atoms with van der Waals surface area (Å²) in [7, 11) is -4.07. The van der Waals surface area contributed by atoms with E-state index in [0.29, 0.717) is 11.3 Å². The lowest BCUT2D eigenvalue weighted by atomic mass is 10.1. The molecule has 1 aliphatic rings. The second-order valence-electron chi connectivity index (χ2n) is 7.47. The molecule has 3 aromatic carbocycles. The standard InChI is InChI=1S/C24H16Br2N2O6S/c1-14-2-9-18(10-3-14)35(32,33)34-21-11-4-15(13-20(21)26)12-19-22(29)27-24(31)28(23(19)30)17-7-5-16(25)6-8-17/h2-13H,1H3,(H,27,29,31)/b19-12+. The van der Waals surface area contributed by atoms with E-state index >= 15 is 0 Å². The van der Waals surface area contributed by atoms with Gasteiger partial charge in [0.2, 0.25) is 0 Å². The van der Waals surface area contributed by atoms with Gasteiger partial charge in [-0.15, -0.1) is 0 Å². The summed E-state index contributed by atoms with van der Waals surface area (Å²) in [5, 5.41) is 2.15. The Hall–Kier alpha value is -3.28. The second-order valence-corrected chi connectivity index (χ2v) is 10.8. The topological polar surface area (TPSA) is 110 Å². The fourth-order valence-electron chi connectivity index (χ4n) is 3.19. The number of urea groups is 1. The first-order valence-electron chi connectivity index (χ1n) is 10.0. The quantitative estimate of drug-likeness (QED) is 0.246. The third kappa shape index (κ3) is 5.37. The highest BCUT2D eigenvalue weighted by atomic mass is 79.9. The number of halogens is 2. The summed E-state index contributed by atoms with van der Waals surface area (Å²) < 4.78 is 31.5. The summed E-state index contributed by atoms with van der Waals surface area (Å²) >= 11 is 6.56. The SMILES string of the molecule is Cc1ccc(S(=O)(=O)Oc2ccc(/C=C3\C(=O)NC(=O)N(c4ccc(Br)cc4)C3=O)cc2Br)cc1. The fourth-order valence-corrected chi connectivity index (χ4v) is 4.99. The molecule has 0 aromatic heterocycles. The van der Waals surface area contributed by atoms with Crippen molar-refractivity contribution in [1.82, 2.24) is 5.32 Å². The number of amides is 4. The molecule has 0 unspecified atom stereocenters. The van der Waals surface area contributed by atoms with E-state index in [1.807, 2.05) is 6.92 Å². The van der Waals surface area contributed by atoms with Gasteiger partial charge in [0.1, 0.15) is 10.5 Å². The first-order valence-corrected chi connectivity index (χ1v) is 13.0. The number of nitrogens with one attached hydrogen (secondary N) is 1. The average Bonchev–Trinajstić information content (AvgIpc) is 2.80. The first-order chi connectivity index (χ1) is 16.5. The fraction of sp³-hybridized carbons (Fsp3) is 0.0417. The third-order valence-electron chi connectivity index (χ3n) is 4.96. The molecular weight excluding hydrogens is 604 g/mol. The number of nitrogens with zero attached hydrogens (tertiary/aromatic N) is 1. The zero-order valence-corrected chi connectivity index (χ0v) is 22.0. The maximum absolute atomic E-state index is 13.0. The molecule has 1 heterocycles. The van der Waals surface area contributed by atoms with Crippen LogP contribution in [0.2, 0.25) is 0 Å². The molecule has 0 aliphatic carbocycles. The van der Waals surface area contributed by atoms with Crippen LogP contribution in [-0.4, -0.2) is 26.3 Å². The monoisotopic (exact) mass is 618 g/mol. The van der Waals surface area contributed by atoms with Gasteiger partial charge in [-0.2, -0.15) is 8.42 Å². The number of hydrogen-bond acceptors (Lipinski definition) is 6. The lowest BCUT2D eigenvalue weighted by Gasteiger charge is -2.26. The van der Waals surface area contributed by atoms with Crippen molar-refractivity contribution in [1.29, 1.82) is 0 Å². The molecular formula is C24H16Br2N2O6S. The van der Waals surface area contributed by atoms with E-state index < -0.39 is 28.0 Å². The molecule has 0 spiro atoms. The highest BCUT2D eigenvalue weighted by Gasteiger charge is 2.36. The molecule has 4 amide bonds. The molecule has 4 rings (SSSR count). The van der Waals surface area contributed by atoms with Crippen molar-refractivity contribution in [2.75, 3.05) is 4.90 Å². The molecule has 35 heavy (non-hydrogen) atoms. The number of carbonyl (C=O) groups excluding carboxylic acids is 3. The molecule has 8 nitrogen and oxygen atoms in total. The minimum absolute atomic E-state index is 0.00312. The molecule has 1 saturated heterocycles. The summed E-state index contributed by atoms with van der Waals surface area (Å²) in [5.74, 6) is -1.61. The zero-order chi connectivity index (χ0) is 25.3. The number of carbonyl (C=O) groups is 3. The Morgan fingerprint density at radius 1 is 0.914 bits per heavy atom. The summed E-state index contributed by atoms with van der Waals surface area (Å²) in [4.78, 5) is 38.6. The highest BCUT2D eigenvalue weighted by molar-refractivity contribution is 9.10. The Morgan fingerprint density at radius 3 is 2.20 bits per heavy atom. The van der Waals surface area contributed by atoms with Crippen LogP contribution >= 0.6 is 31.9 Å². The minimum atomic E-state index is -4.07. The van der Waals surface area contributed by atoms with Crippen LogP contribution in [0, 0.1) is 6.92 Å². The highest BCUT2D eigenvalue weighted by Crippen LogP contribution is 2.30. The maximum atomic E-state index is 13.0. The van der Waals surface area contributed by atoms with E-state index in [-0.39, 0.29) is 20.7 Å². The predicted octanol–water partition coefficient (Wildman–Crippen LogP) is 4.95. The molecule has 0 radical (unpaired) electrons. The normalized spacial score (nSPS) is 15.3. The molecule has 3 aromatic rings. The van der Waals surface area contributed by atoms with Crippen LogP contribution in [0.1, 0.15) is 11.1 Å². The van der Waals surface area contributed by atoms with Crippen molar-refractivity contribution in [3.63, 3.8) is 0 Å². The van der Waals surface area contributed by atoms with Gasteiger partial charge in [0, 0.05) is 4.47 Å². The maximum Gasteiger partial charge on any atom is 0.339 e. The van der Waals surface area contributed by atoms with Crippen molar-refractivity contribution < 1.29 is 27.0 Å². The van der Waals surface area contributed by atoms with Gasteiger partial charge in [0.05, 0.1) is 10.2 Å². The number of barbiturate groups is 1. The Bertz CT molecular complexity index is 1480. The zero-order valence-electron chi connectivity index (χ0n) is 18.0. The smallest absolute Gasteiger partial charge is 0.339 e. The van der Waals surface area contributed by atoms with Crippen molar-refractivity contribution in [2.24, 2.45) is 0 Å². The third-order valence-corrected chi connectivity index (χ3v) is 7.36. The second kappa shape index (κ2) is 9.76. The average molecular weight is 620 g/mol. The van der Waals surface area contributed by atoms with Gasteiger partial charge in [0.25, 0.3) is 11.8 Å². The van der Waals surface area contributed by atoms with Crippen LogP contribution in [0.3, 0.4) is 0 Å². The Morgan fingerprint density at radius 2 is 1.57 bits per heavy atom. The summed E-state index contributed by atoms with van der Waals surface area (Å²) in [6.45, 7) is 1.84. The van der Waals surface area contributed by atoms with Crippen LogP contribution in [0.5, 0.6) is 5.75 Å². The summed E-state index contributed by atoms with van der Waals surface area (Å²) in [6, 6.07) is 16.2. The lowest BCUT2D eigenvalue weighted by Crippen LogP contribution is -2.54. The molecule has 11 heteroatoms. The van der Waals surface area contributed by atoms with Crippen molar-refractivity contribution in [3.05, 3.63) is 92.4 Å². The number of benzene rings is 3. The van der Waals surface area contributed by atoms with E-state index in [4.69, 9.17) is 4.18 Å². The molecule has 0 saturated carbocycles. The van der Waals surface area contributed by atoms with Crippen LogP contribution in [0.25, 0.3) is 6.08 Å². The van der Waals surface area contributed by atoms with Crippen molar-refractivity contribution >= 4 is 71.6 Å². The van der Waals surface area contributed by atoms with E-state index in [0.717, 1.165) is 14.9 Å².